The van der Waals surface area contributed by atoms with Gasteiger partial charge >= 0.3 is 0 Å². The smallest absolute Gasteiger partial charge is 0.261 e. The maximum absolute atomic E-state index is 12.5. The van der Waals surface area contributed by atoms with Crippen LogP contribution in [-0.4, -0.2) is 38.9 Å². The molecule has 104 valence electrons. The van der Waals surface area contributed by atoms with E-state index in [2.05, 4.69) is 15.9 Å². The molecule has 1 aromatic rings. The number of phenolic OH excluding ortho intramolecular Hbond substituents is 2. The number of amides is 1. The van der Waals surface area contributed by atoms with Crippen molar-refractivity contribution in [1.29, 1.82) is 0 Å². The van der Waals surface area contributed by atoms with Crippen LogP contribution in [0.2, 0.25) is 0 Å². The summed E-state index contributed by atoms with van der Waals surface area (Å²) in [7, 11) is 0. The average Bonchev–Trinajstić information content (AvgIpc) is 2.84. The number of halogens is 1. The van der Waals surface area contributed by atoms with Crippen LogP contribution in [0.15, 0.2) is 18.2 Å². The summed E-state index contributed by atoms with van der Waals surface area (Å²) in [6.07, 6.45) is 3.94. The van der Waals surface area contributed by atoms with Gasteiger partial charge in [0.15, 0.2) is 0 Å². The van der Waals surface area contributed by atoms with Gasteiger partial charge in [-0.2, -0.15) is 0 Å². The van der Waals surface area contributed by atoms with Gasteiger partial charge in [0.25, 0.3) is 5.91 Å². The van der Waals surface area contributed by atoms with Gasteiger partial charge < -0.3 is 15.1 Å². The van der Waals surface area contributed by atoms with Crippen molar-refractivity contribution < 1.29 is 15.0 Å². The van der Waals surface area contributed by atoms with Gasteiger partial charge in [-0.1, -0.05) is 22.0 Å². The molecule has 2 rings (SSSR count). The van der Waals surface area contributed by atoms with Crippen molar-refractivity contribution in [3.8, 4) is 11.5 Å². The van der Waals surface area contributed by atoms with Crippen LogP contribution >= 0.6 is 15.9 Å². The highest BCUT2D eigenvalue weighted by Crippen LogP contribution is 2.31. The van der Waals surface area contributed by atoms with Crippen molar-refractivity contribution in [2.45, 2.75) is 31.7 Å². The molecule has 0 spiro atoms. The van der Waals surface area contributed by atoms with E-state index < -0.39 is 0 Å². The predicted octanol–water partition coefficient (Wildman–Crippen LogP) is 2.88. The van der Waals surface area contributed by atoms with Gasteiger partial charge in [-0.15, -0.1) is 0 Å². The van der Waals surface area contributed by atoms with Gasteiger partial charge in [-0.25, -0.2) is 0 Å². The van der Waals surface area contributed by atoms with E-state index in [0.717, 1.165) is 31.0 Å². The van der Waals surface area contributed by atoms with Gasteiger partial charge in [0.2, 0.25) is 0 Å². The first-order chi connectivity index (χ1) is 9.15. The molecule has 0 aliphatic carbocycles. The fourth-order valence-electron chi connectivity index (χ4n) is 2.61. The molecule has 1 saturated heterocycles. The van der Waals surface area contributed by atoms with Crippen LogP contribution in [0.5, 0.6) is 11.5 Å². The molecule has 1 unspecified atom stereocenters. The van der Waals surface area contributed by atoms with Gasteiger partial charge in [-0.3, -0.25) is 4.79 Å². The quantitative estimate of drug-likeness (QED) is 0.836. The first kappa shape index (κ1) is 14.2. The van der Waals surface area contributed by atoms with Crippen LogP contribution in [0.1, 0.15) is 36.0 Å². The molecule has 2 N–H and O–H groups in total. The molecule has 1 amide bonds. The van der Waals surface area contributed by atoms with Crippen LogP contribution in [0.3, 0.4) is 0 Å². The van der Waals surface area contributed by atoms with Gasteiger partial charge in [0.1, 0.15) is 17.1 Å². The number of benzene rings is 1. The molecule has 4 nitrogen and oxygen atoms in total. The first-order valence-corrected chi connectivity index (χ1v) is 7.65. The Morgan fingerprint density at radius 1 is 1.37 bits per heavy atom. The van der Waals surface area contributed by atoms with Crippen molar-refractivity contribution in [2.75, 3.05) is 11.9 Å². The summed E-state index contributed by atoms with van der Waals surface area (Å²) in [5.41, 5.74) is 0.0215. The molecule has 1 aromatic carbocycles. The highest BCUT2D eigenvalue weighted by molar-refractivity contribution is 9.09. The number of likely N-dealkylation sites (tertiary alicyclic amines) is 1. The molecule has 0 aromatic heterocycles. The van der Waals surface area contributed by atoms with Crippen molar-refractivity contribution in [3.63, 3.8) is 0 Å². The number of carbonyl (C=O) groups excluding carboxylic acids is 1. The number of rotatable bonds is 4. The number of phenols is 2. The lowest BCUT2D eigenvalue weighted by atomic mass is 10.1. The van der Waals surface area contributed by atoms with Crippen molar-refractivity contribution in [1.82, 2.24) is 4.90 Å². The second-order valence-corrected chi connectivity index (χ2v) is 5.59. The third-order valence-electron chi connectivity index (χ3n) is 3.54. The average molecular weight is 328 g/mol. The van der Waals surface area contributed by atoms with Gasteiger partial charge in [0, 0.05) is 17.9 Å². The summed E-state index contributed by atoms with van der Waals surface area (Å²) in [4.78, 5) is 14.2. The number of hydrogen-bond donors (Lipinski definition) is 2. The molecule has 0 bridgehead atoms. The minimum Gasteiger partial charge on any atom is -0.507 e. The van der Waals surface area contributed by atoms with E-state index in [1.54, 1.807) is 4.90 Å². The lowest BCUT2D eigenvalue weighted by molar-refractivity contribution is 0.0724. The monoisotopic (exact) mass is 327 g/mol. The molecule has 1 aliphatic rings. The Bertz CT molecular complexity index is 444. The second kappa shape index (κ2) is 6.28. The first-order valence-electron chi connectivity index (χ1n) is 6.53. The van der Waals surface area contributed by atoms with E-state index in [4.69, 9.17) is 0 Å². The summed E-state index contributed by atoms with van der Waals surface area (Å²) in [5, 5.41) is 20.5. The van der Waals surface area contributed by atoms with E-state index >= 15 is 0 Å². The van der Waals surface area contributed by atoms with E-state index in [0.29, 0.717) is 6.54 Å². The van der Waals surface area contributed by atoms with Crippen LogP contribution in [0.4, 0.5) is 0 Å². The predicted molar refractivity (Wildman–Crippen MR) is 76.9 cm³/mol. The molecule has 19 heavy (non-hydrogen) atoms. The minimum absolute atomic E-state index is 0.0215. The zero-order chi connectivity index (χ0) is 13.8. The van der Waals surface area contributed by atoms with Gasteiger partial charge in [0.05, 0.1) is 0 Å². The molecule has 5 heteroatoms. The van der Waals surface area contributed by atoms with E-state index in [1.165, 1.54) is 18.2 Å². The van der Waals surface area contributed by atoms with Crippen LogP contribution in [-0.2, 0) is 0 Å². The number of aromatic hydroxyl groups is 2. The Labute approximate surface area is 121 Å². The zero-order valence-corrected chi connectivity index (χ0v) is 12.3. The molecule has 0 radical (unpaired) electrons. The molecule has 1 aliphatic heterocycles. The summed E-state index contributed by atoms with van der Waals surface area (Å²) in [5.74, 6) is -0.583. The Morgan fingerprint density at radius 3 is 2.68 bits per heavy atom. The molecule has 0 saturated carbocycles. The summed E-state index contributed by atoms with van der Waals surface area (Å²) in [6, 6.07) is 4.59. The molecule has 1 heterocycles. The molecular weight excluding hydrogens is 310 g/mol. The SMILES string of the molecule is O=C(c1c(O)cccc1O)N1CCCC1CCCBr. The number of alkyl halides is 1. The summed E-state index contributed by atoms with van der Waals surface area (Å²) < 4.78 is 0. The molecule has 1 fully saturated rings. The fraction of sp³-hybridized carbons (Fsp3) is 0.500. The Balaban J connectivity index is 2.18. The Morgan fingerprint density at radius 2 is 2.05 bits per heavy atom. The third-order valence-corrected chi connectivity index (χ3v) is 4.10. The summed E-state index contributed by atoms with van der Waals surface area (Å²) >= 11 is 3.40. The topological polar surface area (TPSA) is 60.8 Å². The maximum atomic E-state index is 12.5. The van der Waals surface area contributed by atoms with Crippen LogP contribution < -0.4 is 0 Å². The third kappa shape index (κ3) is 3.03. The Kier molecular flexibility index (Phi) is 4.69. The van der Waals surface area contributed by atoms with E-state index in [9.17, 15) is 15.0 Å². The number of carbonyl (C=O) groups is 1. The van der Waals surface area contributed by atoms with E-state index in [1.807, 2.05) is 0 Å². The largest absolute Gasteiger partial charge is 0.507 e. The minimum atomic E-state index is -0.271. The molecular formula is C14H18BrNO3. The Hall–Kier alpha value is -1.23. The summed E-state index contributed by atoms with van der Waals surface area (Å²) in [6.45, 7) is 0.694. The lowest BCUT2D eigenvalue weighted by Gasteiger charge is -2.25. The highest BCUT2D eigenvalue weighted by atomic mass is 79.9. The van der Waals surface area contributed by atoms with Crippen LogP contribution in [0, 0.1) is 0 Å². The number of hydrogen-bond acceptors (Lipinski definition) is 3. The van der Waals surface area contributed by atoms with E-state index in [-0.39, 0.29) is 29.0 Å². The van der Waals surface area contributed by atoms with Crippen molar-refractivity contribution in [3.05, 3.63) is 23.8 Å². The lowest BCUT2D eigenvalue weighted by Crippen LogP contribution is -2.35. The standard InChI is InChI=1S/C14H18BrNO3/c15-8-2-4-10-5-3-9-16(10)14(19)13-11(17)6-1-7-12(13)18/h1,6-7,10,17-18H,2-5,8-9H2. The highest BCUT2D eigenvalue weighted by Gasteiger charge is 2.31. The van der Waals surface area contributed by atoms with Crippen molar-refractivity contribution >= 4 is 21.8 Å². The zero-order valence-electron chi connectivity index (χ0n) is 10.7. The number of nitrogens with zero attached hydrogens (tertiary/aromatic N) is 1. The normalized spacial score (nSPS) is 18.8. The van der Waals surface area contributed by atoms with Crippen molar-refractivity contribution in [2.24, 2.45) is 0 Å². The maximum Gasteiger partial charge on any atom is 0.261 e. The molecule has 1 atom stereocenters. The second-order valence-electron chi connectivity index (χ2n) is 4.80. The van der Waals surface area contributed by atoms with Crippen LogP contribution in [0.25, 0.3) is 0 Å². The van der Waals surface area contributed by atoms with Gasteiger partial charge in [-0.05, 0) is 37.8 Å². The fourth-order valence-corrected chi connectivity index (χ4v) is 2.93.